The van der Waals surface area contributed by atoms with E-state index in [0.29, 0.717) is 10.8 Å². The minimum Gasteiger partial charge on any atom is -0.482 e. The van der Waals surface area contributed by atoms with E-state index in [1.807, 2.05) is 43.3 Å². The van der Waals surface area contributed by atoms with Crippen molar-refractivity contribution in [3.05, 3.63) is 83.4 Å². The summed E-state index contributed by atoms with van der Waals surface area (Å²) >= 11 is 6.33. The van der Waals surface area contributed by atoms with E-state index in [0.717, 1.165) is 21.0 Å². The number of ether oxygens (including phenoxy) is 1. The Morgan fingerprint density at radius 3 is 2.25 bits per heavy atom. The van der Waals surface area contributed by atoms with Crippen LogP contribution in [0.15, 0.2) is 77.7 Å². The molecule has 3 aromatic rings. The zero-order valence-corrected chi connectivity index (χ0v) is 19.7. The Morgan fingerprint density at radius 1 is 1.00 bits per heavy atom. The van der Waals surface area contributed by atoms with Crippen LogP contribution in [0, 0.1) is 0 Å². The highest BCUT2D eigenvalue weighted by Crippen LogP contribution is 2.30. The van der Waals surface area contributed by atoms with Gasteiger partial charge in [0, 0.05) is 14.1 Å². The third kappa shape index (κ3) is 5.68. The number of rotatable bonds is 8. The van der Waals surface area contributed by atoms with E-state index in [1.165, 1.54) is 26.2 Å². The topological polar surface area (TPSA) is 75.7 Å². The van der Waals surface area contributed by atoms with E-state index in [9.17, 15) is 13.2 Å². The zero-order valence-electron chi connectivity index (χ0n) is 18.1. The molecule has 0 aromatic heterocycles. The highest BCUT2D eigenvalue weighted by atomic mass is 35.5. The van der Waals surface area contributed by atoms with Gasteiger partial charge in [0.15, 0.2) is 6.61 Å². The molecule has 0 radical (unpaired) electrons. The van der Waals surface area contributed by atoms with E-state index >= 15 is 0 Å². The Hall–Kier alpha value is -2.87. The summed E-state index contributed by atoms with van der Waals surface area (Å²) in [5.74, 6) is 0.109. The molecule has 0 heterocycles. The van der Waals surface area contributed by atoms with Gasteiger partial charge in [0.2, 0.25) is 10.0 Å². The summed E-state index contributed by atoms with van der Waals surface area (Å²) in [5, 5.41) is 3.26. The first-order valence-corrected chi connectivity index (χ1v) is 11.8. The van der Waals surface area contributed by atoms with Gasteiger partial charge in [0.1, 0.15) is 5.75 Å². The molecular formula is C24H25ClN2O4S. The SMILES string of the molecule is CC(NC(=O)COc1ccc(-c2ccccc2)cc1Cl)c1ccc(S(=O)(=O)N(C)C)cc1. The first-order valence-electron chi connectivity index (χ1n) is 9.98. The Morgan fingerprint density at radius 2 is 1.66 bits per heavy atom. The molecule has 3 aromatic carbocycles. The van der Waals surface area contributed by atoms with Gasteiger partial charge in [-0.25, -0.2) is 12.7 Å². The van der Waals surface area contributed by atoms with Crippen LogP contribution in [-0.4, -0.2) is 39.3 Å². The maximum atomic E-state index is 12.3. The maximum Gasteiger partial charge on any atom is 0.258 e. The predicted molar refractivity (Wildman–Crippen MR) is 126 cm³/mol. The minimum atomic E-state index is -3.49. The molecule has 1 N–H and O–H groups in total. The fraction of sp³-hybridized carbons (Fsp3) is 0.208. The van der Waals surface area contributed by atoms with Crippen molar-refractivity contribution in [1.29, 1.82) is 0 Å². The van der Waals surface area contributed by atoms with Crippen LogP contribution in [0.2, 0.25) is 5.02 Å². The zero-order chi connectivity index (χ0) is 23.3. The lowest BCUT2D eigenvalue weighted by atomic mass is 10.1. The number of halogens is 1. The monoisotopic (exact) mass is 472 g/mol. The van der Waals surface area contributed by atoms with E-state index < -0.39 is 10.0 Å². The van der Waals surface area contributed by atoms with Crippen LogP contribution in [0.1, 0.15) is 18.5 Å². The van der Waals surface area contributed by atoms with Gasteiger partial charge in [-0.05, 0) is 47.9 Å². The molecule has 0 bridgehead atoms. The molecule has 0 saturated carbocycles. The summed E-state index contributed by atoms with van der Waals surface area (Å²) in [4.78, 5) is 12.5. The largest absolute Gasteiger partial charge is 0.482 e. The smallest absolute Gasteiger partial charge is 0.258 e. The summed E-state index contributed by atoms with van der Waals surface area (Å²) in [6.07, 6.45) is 0. The van der Waals surface area contributed by atoms with Crippen LogP contribution >= 0.6 is 11.6 Å². The number of nitrogens with zero attached hydrogens (tertiary/aromatic N) is 1. The van der Waals surface area contributed by atoms with E-state index in [1.54, 1.807) is 24.3 Å². The average molecular weight is 473 g/mol. The number of benzene rings is 3. The number of sulfonamides is 1. The molecule has 1 unspecified atom stereocenters. The summed E-state index contributed by atoms with van der Waals surface area (Å²) in [5.41, 5.74) is 2.78. The van der Waals surface area contributed by atoms with Crippen molar-refractivity contribution in [2.75, 3.05) is 20.7 Å². The minimum absolute atomic E-state index is 0.193. The lowest BCUT2D eigenvalue weighted by Crippen LogP contribution is -2.31. The van der Waals surface area contributed by atoms with Crippen LogP contribution in [-0.2, 0) is 14.8 Å². The molecule has 8 heteroatoms. The molecule has 1 atom stereocenters. The van der Waals surface area contributed by atoms with Crippen molar-refractivity contribution in [3.63, 3.8) is 0 Å². The average Bonchev–Trinajstić information content (AvgIpc) is 2.78. The summed E-state index contributed by atoms with van der Waals surface area (Å²) in [7, 11) is -0.534. The molecule has 0 aliphatic carbocycles. The highest BCUT2D eigenvalue weighted by molar-refractivity contribution is 7.89. The first-order chi connectivity index (χ1) is 15.2. The number of amides is 1. The fourth-order valence-corrected chi connectivity index (χ4v) is 4.21. The van der Waals surface area contributed by atoms with Crippen molar-refractivity contribution < 1.29 is 17.9 Å². The predicted octanol–water partition coefficient (Wildman–Crippen LogP) is 4.51. The third-order valence-electron chi connectivity index (χ3n) is 4.93. The van der Waals surface area contributed by atoms with Crippen molar-refractivity contribution in [2.24, 2.45) is 0 Å². The summed E-state index contributed by atoms with van der Waals surface area (Å²) in [6, 6.07) is 21.4. The summed E-state index contributed by atoms with van der Waals surface area (Å²) < 4.78 is 31.1. The van der Waals surface area contributed by atoms with Crippen LogP contribution in [0.25, 0.3) is 11.1 Å². The lowest BCUT2D eigenvalue weighted by Gasteiger charge is -2.16. The van der Waals surface area contributed by atoms with Gasteiger partial charge >= 0.3 is 0 Å². The second-order valence-electron chi connectivity index (χ2n) is 7.45. The van der Waals surface area contributed by atoms with Crippen LogP contribution < -0.4 is 10.1 Å². The maximum absolute atomic E-state index is 12.3. The van der Waals surface area contributed by atoms with Gasteiger partial charge in [-0.3, -0.25) is 4.79 Å². The molecule has 1 amide bonds. The molecule has 0 aliphatic rings. The van der Waals surface area contributed by atoms with Gasteiger partial charge in [0.05, 0.1) is 16.0 Å². The second kappa shape index (κ2) is 10.2. The first kappa shape index (κ1) is 23.8. The molecule has 3 rings (SSSR count). The van der Waals surface area contributed by atoms with Gasteiger partial charge in [-0.2, -0.15) is 0 Å². The van der Waals surface area contributed by atoms with Crippen molar-refractivity contribution >= 4 is 27.5 Å². The number of hydrogen-bond acceptors (Lipinski definition) is 4. The van der Waals surface area contributed by atoms with Crippen molar-refractivity contribution in [2.45, 2.75) is 17.9 Å². The Bertz CT molecular complexity index is 1180. The molecule has 0 aliphatic heterocycles. The number of nitrogens with one attached hydrogen (secondary N) is 1. The molecular weight excluding hydrogens is 448 g/mol. The highest BCUT2D eigenvalue weighted by Gasteiger charge is 2.18. The van der Waals surface area contributed by atoms with E-state index in [4.69, 9.17) is 16.3 Å². The molecule has 0 fully saturated rings. The third-order valence-corrected chi connectivity index (χ3v) is 7.06. The van der Waals surface area contributed by atoms with E-state index in [-0.39, 0.29) is 23.5 Å². The molecule has 0 saturated heterocycles. The molecule has 168 valence electrons. The fourth-order valence-electron chi connectivity index (χ4n) is 3.08. The molecule has 6 nitrogen and oxygen atoms in total. The van der Waals surface area contributed by atoms with Crippen LogP contribution in [0.5, 0.6) is 5.75 Å². The van der Waals surface area contributed by atoms with Crippen molar-refractivity contribution in [3.8, 4) is 16.9 Å². The molecule has 0 spiro atoms. The van der Waals surface area contributed by atoms with Gasteiger partial charge < -0.3 is 10.1 Å². The van der Waals surface area contributed by atoms with Crippen LogP contribution in [0.3, 0.4) is 0 Å². The number of carbonyl (C=O) groups is 1. The number of hydrogen-bond donors (Lipinski definition) is 1. The van der Waals surface area contributed by atoms with Crippen molar-refractivity contribution in [1.82, 2.24) is 9.62 Å². The van der Waals surface area contributed by atoms with Gasteiger partial charge in [-0.1, -0.05) is 60.1 Å². The summed E-state index contributed by atoms with van der Waals surface area (Å²) in [6.45, 7) is 1.62. The Labute approximate surface area is 193 Å². The van der Waals surface area contributed by atoms with Crippen LogP contribution in [0.4, 0.5) is 0 Å². The second-order valence-corrected chi connectivity index (χ2v) is 10.0. The Kier molecular flexibility index (Phi) is 7.56. The van der Waals surface area contributed by atoms with E-state index in [2.05, 4.69) is 5.32 Å². The quantitative estimate of drug-likeness (QED) is 0.523. The Balaban J connectivity index is 1.58. The lowest BCUT2D eigenvalue weighted by molar-refractivity contribution is -0.123. The molecule has 32 heavy (non-hydrogen) atoms. The van der Waals surface area contributed by atoms with Gasteiger partial charge in [-0.15, -0.1) is 0 Å². The standard InChI is InChI=1S/C24H25ClN2O4S/c1-17(18-9-12-21(13-10-18)32(29,30)27(2)3)26-24(28)16-31-23-14-11-20(15-22(23)25)19-7-5-4-6-8-19/h4-15,17H,16H2,1-3H3,(H,26,28). The normalized spacial score (nSPS) is 12.4. The van der Waals surface area contributed by atoms with Gasteiger partial charge in [0.25, 0.3) is 5.91 Å². The number of carbonyl (C=O) groups excluding carboxylic acids is 1.